The van der Waals surface area contributed by atoms with E-state index in [0.717, 1.165) is 0 Å². The summed E-state index contributed by atoms with van der Waals surface area (Å²) in [6.07, 6.45) is 0. The molecule has 2 nitrogen and oxygen atoms in total. The Morgan fingerprint density at radius 1 is 1.86 bits per heavy atom. The van der Waals surface area contributed by atoms with Crippen LogP contribution in [0.1, 0.15) is 6.92 Å². The zero-order chi connectivity index (χ0) is 4.99. The smallest absolute Gasteiger partial charge is 0.164 e. The van der Waals surface area contributed by atoms with Gasteiger partial charge in [-0.1, -0.05) is 0 Å². The van der Waals surface area contributed by atoms with Crippen LogP contribution in [0, 0.1) is 6.92 Å². The van der Waals surface area contributed by atoms with Gasteiger partial charge in [-0.2, -0.15) is 0 Å². The van der Waals surface area contributed by atoms with Crippen LogP contribution in [0.5, 0.6) is 0 Å². The Morgan fingerprint density at radius 2 is 2.29 bits per heavy atom. The van der Waals surface area contributed by atoms with Crippen LogP contribution in [0.15, 0.2) is 0 Å². The summed E-state index contributed by atoms with van der Waals surface area (Å²) in [5, 5.41) is 0. The third kappa shape index (κ3) is 10.7. The molecule has 38 valence electrons. The molecule has 0 saturated carbocycles. The summed E-state index contributed by atoms with van der Waals surface area (Å²) in [6, 6.07) is 0. The molecule has 0 aliphatic rings. The molecular formula is C4H7O2Zn-. The number of ether oxygens (including phenoxy) is 1. The van der Waals surface area contributed by atoms with Gasteiger partial charge in [0, 0.05) is 19.5 Å². The van der Waals surface area contributed by atoms with Gasteiger partial charge in [0.05, 0.1) is 6.61 Å². The number of hydrogen-bond donors (Lipinski definition) is 0. The van der Waals surface area contributed by atoms with Crippen molar-refractivity contribution in [3.63, 3.8) is 0 Å². The normalized spacial score (nSPS) is 6.43. The molecule has 0 amide bonds. The van der Waals surface area contributed by atoms with E-state index in [-0.39, 0.29) is 19.5 Å². The van der Waals surface area contributed by atoms with Gasteiger partial charge in [0.25, 0.3) is 0 Å². The second-order valence-electron chi connectivity index (χ2n) is 0.805. The van der Waals surface area contributed by atoms with Crippen molar-refractivity contribution in [2.75, 3.05) is 6.61 Å². The minimum absolute atomic E-state index is 0. The Hall–Kier alpha value is -0.0366. The number of rotatable bonds is 1. The maximum absolute atomic E-state index is 9.71. The summed E-state index contributed by atoms with van der Waals surface area (Å²) in [4.78, 5) is 9.71. The third-order valence-corrected chi connectivity index (χ3v) is 0.305. The molecule has 0 saturated heterocycles. The Kier molecular flexibility index (Phi) is 8.56. The van der Waals surface area contributed by atoms with Crippen molar-refractivity contribution in [1.82, 2.24) is 0 Å². The van der Waals surface area contributed by atoms with Crippen LogP contribution in [0.4, 0.5) is 0 Å². The van der Waals surface area contributed by atoms with Crippen LogP contribution in [-0.4, -0.2) is 12.6 Å². The fraction of sp³-hybridized carbons (Fsp3) is 0.500. The van der Waals surface area contributed by atoms with E-state index in [0.29, 0.717) is 6.61 Å². The first-order valence-corrected chi connectivity index (χ1v) is 1.76. The Morgan fingerprint density at radius 3 is 2.29 bits per heavy atom. The SMILES string of the molecule is [CH2-]C(=O)OCC.[Zn]. The average molecular weight is 152 g/mol. The van der Waals surface area contributed by atoms with Gasteiger partial charge in [-0.05, 0) is 6.92 Å². The molecule has 0 spiro atoms. The predicted octanol–water partition coefficient (Wildman–Crippen LogP) is 0.381. The van der Waals surface area contributed by atoms with E-state index < -0.39 is 5.97 Å². The predicted molar refractivity (Wildman–Crippen MR) is 22.0 cm³/mol. The molecule has 0 aromatic carbocycles. The van der Waals surface area contributed by atoms with Crippen LogP contribution in [0.2, 0.25) is 0 Å². The minimum atomic E-state index is -0.461. The Balaban J connectivity index is 0. The maximum Gasteiger partial charge on any atom is 0.164 e. The third-order valence-electron chi connectivity index (χ3n) is 0.305. The Bertz CT molecular complexity index is 53.7. The molecule has 0 aliphatic heterocycles. The minimum Gasteiger partial charge on any atom is -0.489 e. The summed E-state index contributed by atoms with van der Waals surface area (Å²) in [5.41, 5.74) is 0. The van der Waals surface area contributed by atoms with E-state index in [2.05, 4.69) is 11.7 Å². The molecule has 0 radical (unpaired) electrons. The molecule has 0 heterocycles. The van der Waals surface area contributed by atoms with Crippen LogP contribution in [0.3, 0.4) is 0 Å². The van der Waals surface area contributed by atoms with Crippen LogP contribution >= 0.6 is 0 Å². The van der Waals surface area contributed by atoms with Gasteiger partial charge in [-0.25, -0.2) is 0 Å². The van der Waals surface area contributed by atoms with Crippen molar-refractivity contribution < 1.29 is 29.0 Å². The van der Waals surface area contributed by atoms with Crippen LogP contribution in [-0.2, 0) is 29.0 Å². The van der Waals surface area contributed by atoms with Gasteiger partial charge in [0.15, 0.2) is 5.97 Å². The average Bonchev–Trinajstić information content (AvgIpc) is 1.35. The van der Waals surface area contributed by atoms with Gasteiger partial charge in [0.1, 0.15) is 0 Å². The standard InChI is InChI=1S/C4H7O2.Zn/c1-3-6-4(2)5;/h2-3H2,1H3;/q-1;. The number of esters is 1. The fourth-order valence-electron chi connectivity index (χ4n) is 0.161. The quantitative estimate of drug-likeness (QED) is 0.309. The van der Waals surface area contributed by atoms with E-state index in [4.69, 9.17) is 0 Å². The second kappa shape index (κ2) is 5.96. The van der Waals surface area contributed by atoms with Crippen molar-refractivity contribution in [3.05, 3.63) is 6.92 Å². The van der Waals surface area contributed by atoms with Crippen molar-refractivity contribution in [3.8, 4) is 0 Å². The van der Waals surface area contributed by atoms with E-state index in [1.165, 1.54) is 0 Å². The largest absolute Gasteiger partial charge is 0.489 e. The second-order valence-corrected chi connectivity index (χ2v) is 0.805. The van der Waals surface area contributed by atoms with Gasteiger partial charge in [-0.15, -0.1) is 0 Å². The summed E-state index contributed by atoms with van der Waals surface area (Å²) in [7, 11) is 0. The first kappa shape index (κ1) is 10.1. The molecule has 0 aliphatic carbocycles. The molecule has 7 heavy (non-hydrogen) atoms. The first-order chi connectivity index (χ1) is 2.77. The van der Waals surface area contributed by atoms with Crippen molar-refractivity contribution in [1.29, 1.82) is 0 Å². The van der Waals surface area contributed by atoms with Crippen molar-refractivity contribution >= 4 is 5.97 Å². The molecule has 0 atom stereocenters. The fourth-order valence-corrected chi connectivity index (χ4v) is 0.161. The van der Waals surface area contributed by atoms with Gasteiger partial charge in [0.2, 0.25) is 0 Å². The molecule has 0 N–H and O–H groups in total. The molecular weight excluding hydrogens is 145 g/mol. The number of carbonyl (C=O) groups is 1. The first-order valence-electron chi connectivity index (χ1n) is 1.76. The van der Waals surface area contributed by atoms with Crippen LogP contribution in [0.25, 0.3) is 0 Å². The Labute approximate surface area is 56.0 Å². The monoisotopic (exact) mass is 151 g/mol. The number of hydrogen-bond acceptors (Lipinski definition) is 2. The summed E-state index contributed by atoms with van der Waals surface area (Å²) >= 11 is 0. The van der Waals surface area contributed by atoms with E-state index in [9.17, 15) is 4.79 Å². The summed E-state index contributed by atoms with van der Waals surface area (Å²) in [6.45, 7) is 5.13. The zero-order valence-electron chi connectivity index (χ0n) is 4.44. The van der Waals surface area contributed by atoms with E-state index in [1.54, 1.807) is 6.92 Å². The molecule has 0 aromatic heterocycles. The molecule has 0 aromatic rings. The molecule has 3 heteroatoms. The number of carbonyl (C=O) groups excluding carboxylic acids is 1. The van der Waals surface area contributed by atoms with E-state index in [1.807, 2.05) is 0 Å². The summed E-state index contributed by atoms with van der Waals surface area (Å²) < 4.78 is 4.29. The van der Waals surface area contributed by atoms with E-state index >= 15 is 0 Å². The molecule has 0 fully saturated rings. The molecule has 0 rings (SSSR count). The topological polar surface area (TPSA) is 26.3 Å². The van der Waals surface area contributed by atoms with Gasteiger partial charge >= 0.3 is 0 Å². The van der Waals surface area contributed by atoms with Gasteiger partial charge in [-0.3, -0.25) is 11.7 Å². The van der Waals surface area contributed by atoms with Crippen molar-refractivity contribution in [2.24, 2.45) is 0 Å². The van der Waals surface area contributed by atoms with Crippen molar-refractivity contribution in [2.45, 2.75) is 6.92 Å². The zero-order valence-corrected chi connectivity index (χ0v) is 7.40. The molecule has 0 bridgehead atoms. The summed E-state index contributed by atoms with van der Waals surface area (Å²) in [5.74, 6) is -0.461. The molecule has 0 unspecified atom stereocenters. The maximum atomic E-state index is 9.71. The van der Waals surface area contributed by atoms with Gasteiger partial charge < -0.3 is 4.74 Å². The van der Waals surface area contributed by atoms with Crippen LogP contribution < -0.4 is 0 Å².